The molecule has 0 aromatic heterocycles. The molecule has 2 heteroatoms. The fourth-order valence-corrected chi connectivity index (χ4v) is 5.72. The molecule has 8 atom stereocenters. The lowest BCUT2D eigenvalue weighted by Crippen LogP contribution is -2.29. The zero-order valence-corrected chi connectivity index (χ0v) is 6.93. The summed E-state index contributed by atoms with van der Waals surface area (Å²) in [6.07, 6.45) is 3.07. The molecule has 5 fully saturated rings. The molecule has 0 amide bonds. The first kappa shape index (κ1) is 5.36. The van der Waals surface area contributed by atoms with Crippen molar-refractivity contribution in [2.75, 3.05) is 0 Å². The van der Waals surface area contributed by atoms with E-state index < -0.39 is 0 Å². The Morgan fingerprint density at radius 2 is 1.25 bits per heavy atom. The number of rotatable bonds is 0. The summed E-state index contributed by atoms with van der Waals surface area (Å²) >= 11 is 0. The molecular formula is C10H12N2. The van der Waals surface area contributed by atoms with Gasteiger partial charge in [0.1, 0.15) is 0 Å². The highest BCUT2D eigenvalue weighted by molar-refractivity contribution is 5.28. The van der Waals surface area contributed by atoms with E-state index in [0.29, 0.717) is 12.1 Å². The van der Waals surface area contributed by atoms with Crippen molar-refractivity contribution >= 4 is 0 Å². The van der Waals surface area contributed by atoms with Crippen molar-refractivity contribution in [1.82, 2.24) is 0 Å². The Hall–Kier alpha value is -0.400. The van der Waals surface area contributed by atoms with Crippen LogP contribution in [0, 0.1) is 35.5 Å². The lowest BCUT2D eigenvalue weighted by atomic mass is 9.79. The predicted octanol–water partition coefficient (Wildman–Crippen LogP) is 1.72. The largest absolute Gasteiger partial charge is 0.190 e. The third-order valence-electron chi connectivity index (χ3n) is 5.61. The Kier molecular flexibility index (Phi) is 0.572. The van der Waals surface area contributed by atoms with Crippen LogP contribution in [0.3, 0.4) is 0 Å². The first-order chi connectivity index (χ1) is 5.97. The minimum Gasteiger partial charge on any atom is -0.190 e. The van der Waals surface area contributed by atoms with Gasteiger partial charge in [-0.25, -0.2) is 0 Å². The molecule has 1 heterocycles. The minimum absolute atomic E-state index is 0.714. The summed E-state index contributed by atoms with van der Waals surface area (Å²) in [7, 11) is 0. The first-order valence-electron chi connectivity index (χ1n) is 5.37. The van der Waals surface area contributed by atoms with Crippen LogP contribution in [0.2, 0.25) is 0 Å². The van der Waals surface area contributed by atoms with Crippen LogP contribution in [0.1, 0.15) is 12.8 Å². The van der Waals surface area contributed by atoms with Crippen LogP contribution in [0.5, 0.6) is 0 Å². The number of azo groups is 1. The molecule has 62 valence electrons. The second-order valence-corrected chi connectivity index (χ2v) is 5.43. The molecule has 12 heavy (non-hydrogen) atoms. The van der Waals surface area contributed by atoms with Crippen LogP contribution >= 0.6 is 0 Å². The Morgan fingerprint density at radius 1 is 0.667 bits per heavy atom. The normalized spacial score (nSPS) is 78.7. The van der Waals surface area contributed by atoms with Crippen molar-refractivity contribution < 1.29 is 0 Å². The van der Waals surface area contributed by atoms with E-state index in [9.17, 15) is 0 Å². The highest BCUT2D eigenvalue weighted by atomic mass is 15.3. The maximum atomic E-state index is 4.45. The van der Waals surface area contributed by atoms with Gasteiger partial charge >= 0.3 is 0 Å². The highest BCUT2D eigenvalue weighted by Gasteiger charge is 2.78. The van der Waals surface area contributed by atoms with E-state index in [1.54, 1.807) is 0 Å². The summed E-state index contributed by atoms with van der Waals surface area (Å²) in [4.78, 5) is 0. The Morgan fingerprint density at radius 3 is 1.83 bits per heavy atom. The van der Waals surface area contributed by atoms with Gasteiger partial charge in [0.25, 0.3) is 0 Å². The Labute approximate surface area is 71.4 Å². The monoisotopic (exact) mass is 160 g/mol. The maximum Gasteiger partial charge on any atom is 0.0794 e. The number of hydrogen-bond acceptors (Lipinski definition) is 2. The zero-order chi connectivity index (χ0) is 7.45. The highest BCUT2D eigenvalue weighted by Crippen LogP contribution is 2.77. The van der Waals surface area contributed by atoms with Crippen LogP contribution in [0.25, 0.3) is 0 Å². The van der Waals surface area contributed by atoms with Crippen molar-refractivity contribution in [3.8, 4) is 0 Å². The summed E-state index contributed by atoms with van der Waals surface area (Å²) in [5.41, 5.74) is 0. The van der Waals surface area contributed by atoms with Crippen LogP contribution in [0.15, 0.2) is 10.2 Å². The van der Waals surface area contributed by atoms with Gasteiger partial charge in [-0.3, -0.25) is 0 Å². The van der Waals surface area contributed by atoms with E-state index in [4.69, 9.17) is 0 Å². The molecule has 0 radical (unpaired) electrons. The van der Waals surface area contributed by atoms with Crippen LogP contribution in [0.4, 0.5) is 0 Å². The molecule has 0 saturated heterocycles. The summed E-state index contributed by atoms with van der Waals surface area (Å²) in [5.74, 6) is 6.26. The molecule has 0 aromatic carbocycles. The molecule has 0 aromatic rings. The van der Waals surface area contributed by atoms with Gasteiger partial charge in [0.2, 0.25) is 0 Å². The summed E-state index contributed by atoms with van der Waals surface area (Å²) in [6.45, 7) is 0. The molecule has 5 aliphatic carbocycles. The average molecular weight is 160 g/mol. The SMILES string of the molecule is C1C[C@H]2C3C4[C@H]5N=N[C@@H]4[C@H]2[C@H]5[C@@H]13. The van der Waals surface area contributed by atoms with Crippen molar-refractivity contribution in [2.24, 2.45) is 45.7 Å². The van der Waals surface area contributed by atoms with E-state index in [1.807, 2.05) is 0 Å². The molecule has 2 unspecified atom stereocenters. The van der Waals surface area contributed by atoms with E-state index in [0.717, 1.165) is 35.5 Å². The molecule has 2 nitrogen and oxygen atoms in total. The van der Waals surface area contributed by atoms with Gasteiger partial charge in [-0.2, -0.15) is 10.2 Å². The smallest absolute Gasteiger partial charge is 0.0794 e. The van der Waals surface area contributed by atoms with Gasteiger partial charge in [0.05, 0.1) is 12.1 Å². The molecule has 0 N–H and O–H groups in total. The van der Waals surface area contributed by atoms with Gasteiger partial charge in [-0.1, -0.05) is 0 Å². The predicted molar refractivity (Wildman–Crippen MR) is 42.6 cm³/mol. The van der Waals surface area contributed by atoms with Gasteiger partial charge < -0.3 is 0 Å². The molecule has 6 rings (SSSR count). The maximum absolute atomic E-state index is 4.45. The molecule has 6 aliphatic rings. The van der Waals surface area contributed by atoms with E-state index in [1.165, 1.54) is 12.8 Å². The fraction of sp³-hybridized carbons (Fsp3) is 1.00. The third kappa shape index (κ3) is 0.289. The number of hydrogen-bond donors (Lipinski definition) is 0. The van der Waals surface area contributed by atoms with E-state index in [-0.39, 0.29) is 0 Å². The molecule has 5 saturated carbocycles. The summed E-state index contributed by atoms with van der Waals surface area (Å²) < 4.78 is 0. The quantitative estimate of drug-likeness (QED) is 0.515. The second kappa shape index (κ2) is 1.28. The molecule has 1 aliphatic heterocycles. The topological polar surface area (TPSA) is 24.7 Å². The molecule has 0 spiro atoms. The van der Waals surface area contributed by atoms with Crippen molar-refractivity contribution in [3.05, 3.63) is 0 Å². The summed E-state index contributed by atoms with van der Waals surface area (Å²) in [6, 6.07) is 1.43. The average Bonchev–Trinajstić information content (AvgIpc) is 2.84. The second-order valence-electron chi connectivity index (χ2n) is 5.43. The standard InChI is InChI=1S/C10H12N2/c1-2-4-5-3(1)6-7(4)10-8(5)9(6)11-12-10/h3-10H,1-2H2/t3-,4-,5?,6+,7+,8?,9-,10+/m0/s1. The molecular weight excluding hydrogens is 148 g/mol. The van der Waals surface area contributed by atoms with E-state index >= 15 is 0 Å². The van der Waals surface area contributed by atoms with E-state index in [2.05, 4.69) is 10.2 Å². The van der Waals surface area contributed by atoms with Crippen molar-refractivity contribution in [1.29, 1.82) is 0 Å². The fourth-order valence-electron chi connectivity index (χ4n) is 5.72. The van der Waals surface area contributed by atoms with Gasteiger partial charge in [0, 0.05) is 5.92 Å². The minimum atomic E-state index is 0.714. The summed E-state index contributed by atoms with van der Waals surface area (Å²) in [5, 5.41) is 8.91. The number of nitrogens with zero attached hydrogens (tertiary/aromatic N) is 2. The Balaban J connectivity index is 1.85. The molecule has 8 bridgehead atoms. The van der Waals surface area contributed by atoms with Gasteiger partial charge in [0.15, 0.2) is 0 Å². The van der Waals surface area contributed by atoms with Crippen molar-refractivity contribution in [3.63, 3.8) is 0 Å². The van der Waals surface area contributed by atoms with Crippen LogP contribution in [-0.4, -0.2) is 12.1 Å². The van der Waals surface area contributed by atoms with Gasteiger partial charge in [-0.05, 0) is 42.4 Å². The van der Waals surface area contributed by atoms with Gasteiger partial charge in [-0.15, -0.1) is 0 Å². The van der Waals surface area contributed by atoms with Crippen LogP contribution in [-0.2, 0) is 0 Å². The third-order valence-corrected chi connectivity index (χ3v) is 5.61. The zero-order valence-electron chi connectivity index (χ0n) is 6.93. The lowest BCUT2D eigenvalue weighted by molar-refractivity contribution is 0.209. The lowest BCUT2D eigenvalue weighted by Gasteiger charge is -2.29. The Bertz CT molecular complexity index is 283. The first-order valence-corrected chi connectivity index (χ1v) is 5.37. The van der Waals surface area contributed by atoms with Crippen LogP contribution < -0.4 is 0 Å². The van der Waals surface area contributed by atoms with Crippen molar-refractivity contribution in [2.45, 2.75) is 24.9 Å².